The van der Waals surface area contributed by atoms with Crippen molar-refractivity contribution < 1.29 is 9.59 Å². The topological polar surface area (TPSA) is 61.4 Å². The second-order valence-electron chi connectivity index (χ2n) is 6.25. The van der Waals surface area contributed by atoms with Crippen LogP contribution in [0.15, 0.2) is 24.3 Å². The fraction of sp³-hybridized carbons (Fsp3) is 0.529. The molecule has 0 aliphatic carbocycles. The average molecular weight is 338 g/mol. The van der Waals surface area contributed by atoms with Gasteiger partial charge in [-0.15, -0.1) is 12.4 Å². The van der Waals surface area contributed by atoms with E-state index in [1.165, 1.54) is 0 Å². The van der Waals surface area contributed by atoms with Crippen LogP contribution in [0.3, 0.4) is 0 Å². The van der Waals surface area contributed by atoms with Crippen LogP contribution in [0.5, 0.6) is 0 Å². The molecule has 0 bridgehead atoms. The molecule has 5 nitrogen and oxygen atoms in total. The molecule has 2 aliphatic rings. The lowest BCUT2D eigenvalue weighted by Gasteiger charge is -2.30. The first-order valence-corrected chi connectivity index (χ1v) is 8.07. The van der Waals surface area contributed by atoms with E-state index in [1.54, 1.807) is 4.90 Å². The number of hydrogen-bond donors (Lipinski definition) is 2. The predicted molar refractivity (Wildman–Crippen MR) is 93.2 cm³/mol. The van der Waals surface area contributed by atoms with Gasteiger partial charge in [-0.25, -0.2) is 0 Å². The van der Waals surface area contributed by atoms with Gasteiger partial charge in [-0.2, -0.15) is 0 Å². The van der Waals surface area contributed by atoms with Gasteiger partial charge in [0, 0.05) is 30.3 Å². The molecule has 23 heavy (non-hydrogen) atoms. The quantitative estimate of drug-likeness (QED) is 0.886. The van der Waals surface area contributed by atoms with Crippen LogP contribution < -0.4 is 15.5 Å². The molecule has 2 aliphatic heterocycles. The second kappa shape index (κ2) is 7.79. The van der Waals surface area contributed by atoms with Gasteiger partial charge in [0.25, 0.3) is 5.91 Å². The van der Waals surface area contributed by atoms with Crippen LogP contribution >= 0.6 is 12.4 Å². The molecular weight excluding hydrogens is 314 g/mol. The zero-order valence-corrected chi connectivity index (χ0v) is 14.2. The van der Waals surface area contributed by atoms with E-state index < -0.39 is 0 Å². The Kier molecular flexibility index (Phi) is 6.02. The minimum atomic E-state index is -0.0296. The second-order valence-corrected chi connectivity index (χ2v) is 6.25. The lowest BCUT2D eigenvalue weighted by Crippen LogP contribution is -2.48. The molecule has 2 amide bonds. The van der Waals surface area contributed by atoms with Crippen molar-refractivity contribution >= 4 is 29.9 Å². The fourth-order valence-electron chi connectivity index (χ4n) is 3.19. The van der Waals surface area contributed by atoms with Crippen molar-refractivity contribution in [3.8, 4) is 0 Å². The molecule has 0 spiro atoms. The third kappa shape index (κ3) is 4.03. The van der Waals surface area contributed by atoms with Crippen molar-refractivity contribution in [2.45, 2.75) is 32.2 Å². The Bertz CT molecular complexity index is 561. The lowest BCUT2D eigenvalue weighted by atomic mass is 9.95. The van der Waals surface area contributed by atoms with E-state index in [-0.39, 0.29) is 30.3 Å². The molecule has 0 saturated carbocycles. The maximum absolute atomic E-state index is 12.3. The van der Waals surface area contributed by atoms with Crippen LogP contribution in [-0.2, 0) is 4.79 Å². The number of piperidine rings is 1. The van der Waals surface area contributed by atoms with Crippen LogP contribution in [0, 0.1) is 5.92 Å². The summed E-state index contributed by atoms with van der Waals surface area (Å²) in [6, 6.07) is 7.58. The van der Waals surface area contributed by atoms with Gasteiger partial charge in [-0.1, -0.05) is 6.92 Å². The molecule has 1 aromatic carbocycles. The maximum Gasteiger partial charge on any atom is 0.251 e. The monoisotopic (exact) mass is 337 g/mol. The van der Waals surface area contributed by atoms with Crippen molar-refractivity contribution in [2.24, 2.45) is 5.92 Å². The van der Waals surface area contributed by atoms with Gasteiger partial charge in [0.15, 0.2) is 0 Å². The number of nitrogens with zero attached hydrogens (tertiary/aromatic N) is 1. The van der Waals surface area contributed by atoms with Gasteiger partial charge in [0.2, 0.25) is 5.91 Å². The summed E-state index contributed by atoms with van der Waals surface area (Å²) in [5.41, 5.74) is 1.54. The third-order valence-corrected chi connectivity index (χ3v) is 4.62. The fourth-order valence-corrected chi connectivity index (χ4v) is 3.19. The van der Waals surface area contributed by atoms with Gasteiger partial charge in [-0.3, -0.25) is 9.59 Å². The SMILES string of the molecule is CC1CNCCC1NC(=O)c1ccc(N2CCCC2=O)cc1.Cl. The average Bonchev–Trinajstić information content (AvgIpc) is 2.96. The number of benzene rings is 1. The number of carbonyl (C=O) groups excluding carboxylic acids is 2. The molecule has 2 saturated heterocycles. The maximum atomic E-state index is 12.3. The number of carbonyl (C=O) groups is 2. The van der Waals surface area contributed by atoms with E-state index in [0.717, 1.165) is 38.2 Å². The smallest absolute Gasteiger partial charge is 0.251 e. The van der Waals surface area contributed by atoms with E-state index in [4.69, 9.17) is 0 Å². The number of nitrogens with one attached hydrogen (secondary N) is 2. The molecule has 6 heteroatoms. The Labute approximate surface area is 143 Å². The third-order valence-electron chi connectivity index (χ3n) is 4.62. The normalized spacial score (nSPS) is 24.2. The van der Waals surface area contributed by atoms with E-state index in [2.05, 4.69) is 17.6 Å². The van der Waals surface area contributed by atoms with Gasteiger partial charge in [-0.05, 0) is 56.1 Å². The van der Waals surface area contributed by atoms with Crippen molar-refractivity contribution in [2.75, 3.05) is 24.5 Å². The molecule has 3 rings (SSSR count). The molecule has 0 radical (unpaired) electrons. The first-order valence-electron chi connectivity index (χ1n) is 8.07. The number of anilines is 1. The summed E-state index contributed by atoms with van der Waals surface area (Å²) in [4.78, 5) is 25.9. The zero-order valence-electron chi connectivity index (χ0n) is 13.4. The molecule has 2 atom stereocenters. The largest absolute Gasteiger partial charge is 0.349 e. The number of halogens is 1. The number of hydrogen-bond acceptors (Lipinski definition) is 3. The van der Waals surface area contributed by atoms with Gasteiger partial charge < -0.3 is 15.5 Å². The Morgan fingerprint density at radius 1 is 1.30 bits per heavy atom. The number of rotatable bonds is 3. The molecule has 2 unspecified atom stereocenters. The van der Waals surface area contributed by atoms with Gasteiger partial charge in [0.1, 0.15) is 0 Å². The number of amides is 2. The Morgan fingerprint density at radius 2 is 2.04 bits per heavy atom. The zero-order chi connectivity index (χ0) is 15.5. The molecule has 2 heterocycles. The van der Waals surface area contributed by atoms with Crippen molar-refractivity contribution in [3.05, 3.63) is 29.8 Å². The van der Waals surface area contributed by atoms with Crippen LogP contribution in [0.2, 0.25) is 0 Å². The predicted octanol–water partition coefficient (Wildman–Crippen LogP) is 1.96. The minimum Gasteiger partial charge on any atom is -0.349 e. The molecule has 1 aromatic rings. The summed E-state index contributed by atoms with van der Waals surface area (Å²) in [5.74, 6) is 0.581. The summed E-state index contributed by atoms with van der Waals surface area (Å²) in [6.45, 7) is 4.82. The molecular formula is C17H24ClN3O2. The van der Waals surface area contributed by atoms with Crippen molar-refractivity contribution in [3.63, 3.8) is 0 Å². The first kappa shape index (κ1) is 17.8. The highest BCUT2D eigenvalue weighted by Crippen LogP contribution is 2.21. The molecule has 2 fully saturated rings. The lowest BCUT2D eigenvalue weighted by molar-refractivity contribution is -0.117. The summed E-state index contributed by atoms with van der Waals surface area (Å²) in [5, 5.41) is 6.45. The van der Waals surface area contributed by atoms with Crippen LogP contribution in [-0.4, -0.2) is 37.5 Å². The summed E-state index contributed by atoms with van der Waals surface area (Å²) < 4.78 is 0. The van der Waals surface area contributed by atoms with Gasteiger partial charge in [0.05, 0.1) is 0 Å². The van der Waals surface area contributed by atoms with E-state index >= 15 is 0 Å². The van der Waals surface area contributed by atoms with Crippen molar-refractivity contribution in [1.29, 1.82) is 0 Å². The summed E-state index contributed by atoms with van der Waals surface area (Å²) >= 11 is 0. The molecule has 2 N–H and O–H groups in total. The van der Waals surface area contributed by atoms with Gasteiger partial charge >= 0.3 is 0 Å². The molecule has 0 aromatic heterocycles. The summed E-state index contributed by atoms with van der Waals surface area (Å²) in [7, 11) is 0. The summed E-state index contributed by atoms with van der Waals surface area (Å²) in [6.07, 6.45) is 2.50. The Morgan fingerprint density at radius 3 is 2.65 bits per heavy atom. The molecule has 126 valence electrons. The highest BCUT2D eigenvalue weighted by Gasteiger charge is 2.24. The van der Waals surface area contributed by atoms with Crippen LogP contribution in [0.1, 0.15) is 36.5 Å². The van der Waals surface area contributed by atoms with Crippen LogP contribution in [0.4, 0.5) is 5.69 Å². The van der Waals surface area contributed by atoms with E-state index in [9.17, 15) is 9.59 Å². The minimum absolute atomic E-state index is 0. The highest BCUT2D eigenvalue weighted by molar-refractivity contribution is 5.97. The Balaban J connectivity index is 0.00000192. The van der Waals surface area contributed by atoms with E-state index in [0.29, 0.717) is 17.9 Å². The standard InChI is InChI=1S/C17H23N3O2.ClH/c1-12-11-18-9-8-15(12)19-17(22)13-4-6-14(7-5-13)20-10-2-3-16(20)21;/h4-7,12,15,18H,2-3,8-11H2,1H3,(H,19,22);1H. The highest BCUT2D eigenvalue weighted by atomic mass is 35.5. The Hall–Kier alpha value is -1.59. The van der Waals surface area contributed by atoms with Crippen LogP contribution in [0.25, 0.3) is 0 Å². The van der Waals surface area contributed by atoms with E-state index in [1.807, 2.05) is 24.3 Å². The van der Waals surface area contributed by atoms with Crippen molar-refractivity contribution in [1.82, 2.24) is 10.6 Å². The first-order chi connectivity index (χ1) is 10.6.